The average molecular weight is 319 g/mol. The third-order valence-corrected chi connectivity index (χ3v) is 4.36. The normalized spacial score (nSPS) is 20.6. The van der Waals surface area contributed by atoms with Crippen LogP contribution in [0.4, 0.5) is 5.69 Å². The zero-order chi connectivity index (χ0) is 16.8. The van der Waals surface area contributed by atoms with E-state index in [1.54, 1.807) is 12.1 Å². The van der Waals surface area contributed by atoms with E-state index in [0.717, 1.165) is 25.7 Å². The number of carboxylic acid groups (broad SMARTS) is 1. The Morgan fingerprint density at radius 1 is 1.13 bits per heavy atom. The standard InChI is InChI=1S/C17H21NO5/c1-23-15(19)10-11-2-4-12(5-3-11)13-6-8-14(9-7-13)18-16(20)17(21)22/h6-9,11-12H,2-5,10H2,1H3,(H,18,20)(H,21,22). The third-order valence-electron chi connectivity index (χ3n) is 4.36. The van der Waals surface area contributed by atoms with Gasteiger partial charge in [-0.3, -0.25) is 9.59 Å². The van der Waals surface area contributed by atoms with E-state index in [0.29, 0.717) is 23.9 Å². The van der Waals surface area contributed by atoms with E-state index in [4.69, 9.17) is 9.84 Å². The highest BCUT2D eigenvalue weighted by Crippen LogP contribution is 2.37. The number of nitrogens with one attached hydrogen (secondary N) is 1. The summed E-state index contributed by atoms with van der Waals surface area (Å²) >= 11 is 0. The van der Waals surface area contributed by atoms with Crippen LogP contribution in [-0.2, 0) is 19.1 Å². The largest absolute Gasteiger partial charge is 0.474 e. The van der Waals surface area contributed by atoms with Crippen molar-refractivity contribution in [2.75, 3.05) is 12.4 Å². The Bertz CT molecular complexity index is 573. The molecule has 0 radical (unpaired) electrons. The minimum absolute atomic E-state index is 0.146. The molecule has 6 nitrogen and oxygen atoms in total. The summed E-state index contributed by atoms with van der Waals surface area (Å²) in [6.07, 6.45) is 4.52. The van der Waals surface area contributed by atoms with Gasteiger partial charge in [0.15, 0.2) is 0 Å². The van der Waals surface area contributed by atoms with Crippen LogP contribution in [-0.4, -0.2) is 30.1 Å². The van der Waals surface area contributed by atoms with Gasteiger partial charge in [-0.05, 0) is 55.2 Å². The third kappa shape index (κ3) is 4.81. The van der Waals surface area contributed by atoms with Crippen molar-refractivity contribution in [3.63, 3.8) is 0 Å². The van der Waals surface area contributed by atoms with Gasteiger partial charge in [0.1, 0.15) is 0 Å². The highest BCUT2D eigenvalue weighted by atomic mass is 16.5. The summed E-state index contributed by atoms with van der Waals surface area (Å²) in [5.74, 6) is -1.85. The van der Waals surface area contributed by atoms with Gasteiger partial charge in [0.05, 0.1) is 7.11 Å². The van der Waals surface area contributed by atoms with Crippen LogP contribution in [0, 0.1) is 5.92 Å². The van der Waals surface area contributed by atoms with Gasteiger partial charge in [0.2, 0.25) is 0 Å². The van der Waals surface area contributed by atoms with Crippen LogP contribution >= 0.6 is 0 Å². The zero-order valence-electron chi connectivity index (χ0n) is 13.1. The van der Waals surface area contributed by atoms with Gasteiger partial charge >= 0.3 is 17.8 Å². The summed E-state index contributed by atoms with van der Waals surface area (Å²) in [6.45, 7) is 0. The van der Waals surface area contributed by atoms with Gasteiger partial charge < -0.3 is 15.2 Å². The van der Waals surface area contributed by atoms with Gasteiger partial charge in [0.25, 0.3) is 0 Å². The molecular weight excluding hydrogens is 298 g/mol. The number of methoxy groups -OCH3 is 1. The summed E-state index contributed by atoms with van der Waals surface area (Å²) < 4.78 is 4.71. The van der Waals surface area contributed by atoms with Crippen molar-refractivity contribution in [1.82, 2.24) is 0 Å². The second-order valence-corrected chi connectivity index (χ2v) is 5.88. The predicted octanol–water partition coefficient (Wildman–Crippen LogP) is 2.55. The fraction of sp³-hybridized carbons (Fsp3) is 0.471. The molecule has 1 aromatic carbocycles. The smallest absolute Gasteiger partial charge is 0.394 e. The number of carboxylic acids is 1. The van der Waals surface area contributed by atoms with Gasteiger partial charge in [-0.25, -0.2) is 4.79 Å². The minimum atomic E-state index is -1.50. The van der Waals surface area contributed by atoms with Crippen molar-refractivity contribution in [3.05, 3.63) is 29.8 Å². The van der Waals surface area contributed by atoms with Crippen molar-refractivity contribution in [2.24, 2.45) is 5.92 Å². The van der Waals surface area contributed by atoms with Crippen LogP contribution in [0.15, 0.2) is 24.3 Å². The molecule has 2 rings (SSSR count). The molecule has 1 aliphatic rings. The maximum atomic E-state index is 11.3. The first-order chi connectivity index (χ1) is 11.0. The number of benzene rings is 1. The van der Waals surface area contributed by atoms with E-state index in [2.05, 4.69) is 5.32 Å². The molecule has 0 bridgehead atoms. The molecule has 1 aromatic rings. The molecule has 2 N–H and O–H groups in total. The molecule has 124 valence electrons. The molecule has 0 atom stereocenters. The van der Waals surface area contributed by atoms with E-state index in [1.165, 1.54) is 12.7 Å². The number of carbonyl (C=O) groups is 3. The molecule has 0 heterocycles. The summed E-state index contributed by atoms with van der Waals surface area (Å²) in [5, 5.41) is 10.9. The second kappa shape index (κ2) is 7.76. The monoisotopic (exact) mass is 319 g/mol. The predicted molar refractivity (Wildman–Crippen MR) is 84.0 cm³/mol. The summed E-state index contributed by atoms with van der Waals surface area (Å²) in [6, 6.07) is 7.28. The van der Waals surface area contributed by atoms with Gasteiger partial charge in [-0.1, -0.05) is 12.1 Å². The maximum absolute atomic E-state index is 11.3. The first-order valence-corrected chi connectivity index (χ1v) is 7.70. The zero-order valence-corrected chi connectivity index (χ0v) is 13.1. The minimum Gasteiger partial charge on any atom is -0.474 e. The fourth-order valence-corrected chi connectivity index (χ4v) is 3.04. The van der Waals surface area contributed by atoms with Crippen molar-refractivity contribution >= 4 is 23.5 Å². The van der Waals surface area contributed by atoms with Crippen LogP contribution in [0.5, 0.6) is 0 Å². The number of carbonyl (C=O) groups excluding carboxylic acids is 2. The molecule has 23 heavy (non-hydrogen) atoms. The van der Waals surface area contributed by atoms with Crippen LogP contribution < -0.4 is 5.32 Å². The molecule has 0 unspecified atom stereocenters. The van der Waals surface area contributed by atoms with Crippen molar-refractivity contribution < 1.29 is 24.2 Å². The number of amides is 1. The lowest BCUT2D eigenvalue weighted by Gasteiger charge is -2.28. The highest BCUT2D eigenvalue weighted by molar-refractivity contribution is 6.36. The van der Waals surface area contributed by atoms with E-state index in [-0.39, 0.29) is 5.97 Å². The van der Waals surface area contributed by atoms with Crippen molar-refractivity contribution in [3.8, 4) is 0 Å². The van der Waals surface area contributed by atoms with Crippen molar-refractivity contribution in [2.45, 2.75) is 38.0 Å². The Hall–Kier alpha value is -2.37. The topological polar surface area (TPSA) is 92.7 Å². The first kappa shape index (κ1) is 17.0. The lowest BCUT2D eigenvalue weighted by Crippen LogP contribution is -2.21. The van der Waals surface area contributed by atoms with Crippen LogP contribution in [0.2, 0.25) is 0 Å². The lowest BCUT2D eigenvalue weighted by molar-refractivity contribution is -0.147. The Labute approximate surface area is 134 Å². The number of esters is 1. The van der Waals surface area contributed by atoms with Gasteiger partial charge in [-0.2, -0.15) is 0 Å². The molecule has 1 aliphatic carbocycles. The summed E-state index contributed by atoms with van der Waals surface area (Å²) in [5.41, 5.74) is 1.65. The van der Waals surface area contributed by atoms with Gasteiger partial charge in [-0.15, -0.1) is 0 Å². The number of aliphatic carboxylic acids is 1. The fourth-order valence-electron chi connectivity index (χ4n) is 3.04. The average Bonchev–Trinajstić information content (AvgIpc) is 2.56. The molecule has 0 aromatic heterocycles. The van der Waals surface area contributed by atoms with E-state index in [9.17, 15) is 14.4 Å². The molecule has 1 saturated carbocycles. The maximum Gasteiger partial charge on any atom is 0.394 e. The molecule has 0 aliphatic heterocycles. The number of hydrogen-bond acceptors (Lipinski definition) is 4. The number of ether oxygens (including phenoxy) is 1. The molecule has 1 amide bonds. The molecule has 0 spiro atoms. The molecular formula is C17H21NO5. The van der Waals surface area contributed by atoms with E-state index >= 15 is 0 Å². The van der Waals surface area contributed by atoms with Gasteiger partial charge in [0, 0.05) is 12.1 Å². The van der Waals surface area contributed by atoms with Crippen LogP contribution in [0.25, 0.3) is 0 Å². The van der Waals surface area contributed by atoms with Crippen LogP contribution in [0.3, 0.4) is 0 Å². The van der Waals surface area contributed by atoms with Crippen LogP contribution in [0.1, 0.15) is 43.6 Å². The van der Waals surface area contributed by atoms with E-state index in [1.807, 2.05) is 12.1 Å². The Morgan fingerprint density at radius 3 is 2.26 bits per heavy atom. The lowest BCUT2D eigenvalue weighted by atomic mass is 9.77. The SMILES string of the molecule is COC(=O)CC1CCC(c2ccc(NC(=O)C(=O)O)cc2)CC1. The number of hydrogen-bond donors (Lipinski definition) is 2. The highest BCUT2D eigenvalue weighted by Gasteiger charge is 2.24. The first-order valence-electron chi connectivity index (χ1n) is 7.70. The number of rotatable bonds is 4. The Balaban J connectivity index is 1.88. The summed E-state index contributed by atoms with van der Waals surface area (Å²) in [4.78, 5) is 32.9. The second-order valence-electron chi connectivity index (χ2n) is 5.88. The van der Waals surface area contributed by atoms with E-state index < -0.39 is 11.9 Å². The molecule has 1 fully saturated rings. The molecule has 0 saturated heterocycles. The quantitative estimate of drug-likeness (QED) is 0.657. The Kier molecular flexibility index (Phi) is 5.73. The van der Waals surface area contributed by atoms with Crippen molar-refractivity contribution in [1.29, 1.82) is 0 Å². The summed E-state index contributed by atoms with van der Waals surface area (Å²) in [7, 11) is 1.42. The number of anilines is 1. The molecule has 6 heteroatoms. The Morgan fingerprint density at radius 2 is 1.74 bits per heavy atom.